The molecule has 0 saturated heterocycles. The number of benzene rings is 3. The second-order valence-electron chi connectivity index (χ2n) is 7.42. The van der Waals surface area contributed by atoms with Gasteiger partial charge in [-0.05, 0) is 29.3 Å². The second-order valence-corrected chi connectivity index (χ2v) is 7.42. The van der Waals surface area contributed by atoms with Gasteiger partial charge < -0.3 is 0 Å². The zero-order chi connectivity index (χ0) is 20.7. The van der Waals surface area contributed by atoms with E-state index in [1.54, 1.807) is 10.6 Å². The van der Waals surface area contributed by atoms with E-state index in [4.69, 9.17) is 0 Å². The lowest BCUT2D eigenvalue weighted by atomic mass is 9.97. The van der Waals surface area contributed by atoms with Crippen molar-refractivity contribution in [2.75, 3.05) is 0 Å². The van der Waals surface area contributed by atoms with Gasteiger partial charge in [0.25, 0.3) is 5.56 Å². The molecule has 0 radical (unpaired) electrons. The minimum absolute atomic E-state index is 0.0200. The molecular formula is C25H19N3O2. The van der Waals surface area contributed by atoms with Gasteiger partial charge in [-0.3, -0.25) is 14.2 Å². The second kappa shape index (κ2) is 7.12. The summed E-state index contributed by atoms with van der Waals surface area (Å²) in [6.07, 6.45) is 3.75. The molecule has 0 aliphatic heterocycles. The molecule has 1 N–H and O–H groups in total. The Morgan fingerprint density at radius 3 is 2.13 bits per heavy atom. The van der Waals surface area contributed by atoms with E-state index in [0.29, 0.717) is 11.1 Å². The van der Waals surface area contributed by atoms with Crippen molar-refractivity contribution < 1.29 is 4.79 Å². The first-order chi connectivity index (χ1) is 14.6. The third-order valence-electron chi connectivity index (χ3n) is 5.56. The first-order valence-corrected chi connectivity index (χ1v) is 9.80. The summed E-state index contributed by atoms with van der Waals surface area (Å²) < 4.78 is 1.67. The molecule has 5 heteroatoms. The van der Waals surface area contributed by atoms with Gasteiger partial charge in [0.05, 0.1) is 17.0 Å². The fourth-order valence-electron chi connectivity index (χ4n) is 3.84. The number of aromatic nitrogens is 3. The van der Waals surface area contributed by atoms with Crippen LogP contribution in [-0.4, -0.2) is 20.7 Å². The van der Waals surface area contributed by atoms with Crippen LogP contribution in [0.2, 0.25) is 0 Å². The molecule has 5 nitrogen and oxygen atoms in total. The highest BCUT2D eigenvalue weighted by molar-refractivity contribution is 5.94. The van der Waals surface area contributed by atoms with Crippen LogP contribution in [0.1, 0.15) is 23.2 Å². The third-order valence-corrected chi connectivity index (χ3v) is 5.56. The predicted octanol–water partition coefficient (Wildman–Crippen LogP) is 4.99. The van der Waals surface area contributed by atoms with Crippen molar-refractivity contribution in [2.24, 2.45) is 0 Å². The molecule has 0 aliphatic carbocycles. The number of carbonyl (C=O) groups excluding carboxylic acids is 1. The van der Waals surface area contributed by atoms with Gasteiger partial charge in [-0.25, -0.2) is 5.10 Å². The lowest BCUT2D eigenvalue weighted by molar-refractivity contribution is 0.0885. The molecule has 0 amide bonds. The molecule has 1 unspecified atom stereocenters. The zero-order valence-corrected chi connectivity index (χ0v) is 16.4. The smallest absolute Gasteiger partial charge is 0.272 e. The van der Waals surface area contributed by atoms with Crippen LogP contribution < -0.4 is 5.56 Å². The van der Waals surface area contributed by atoms with E-state index in [0.717, 1.165) is 27.3 Å². The average molecular weight is 393 g/mol. The Hall–Kier alpha value is -3.99. The SMILES string of the molecule is CC(C(=O)n1cc2ccccc2c1)c1ccc(-c2n[nH]c(=O)c3ccccc23)cc1. The molecule has 5 rings (SSSR count). The molecule has 1 atom stereocenters. The van der Waals surface area contributed by atoms with E-state index in [1.165, 1.54) is 0 Å². The Kier molecular flexibility index (Phi) is 4.29. The monoisotopic (exact) mass is 393 g/mol. The Bertz CT molecular complexity index is 1410. The van der Waals surface area contributed by atoms with Crippen LogP contribution in [0.5, 0.6) is 0 Å². The number of nitrogens with one attached hydrogen (secondary N) is 1. The van der Waals surface area contributed by atoms with Crippen molar-refractivity contribution in [1.82, 2.24) is 14.8 Å². The van der Waals surface area contributed by atoms with Gasteiger partial charge in [0.15, 0.2) is 0 Å². The Balaban J connectivity index is 1.47. The Morgan fingerprint density at radius 1 is 0.867 bits per heavy atom. The lowest BCUT2D eigenvalue weighted by Gasteiger charge is -2.12. The summed E-state index contributed by atoms with van der Waals surface area (Å²) >= 11 is 0. The predicted molar refractivity (Wildman–Crippen MR) is 119 cm³/mol. The maximum Gasteiger partial charge on any atom is 0.272 e. The molecule has 146 valence electrons. The molecule has 0 saturated carbocycles. The number of fused-ring (bicyclic) bond motifs is 2. The minimum atomic E-state index is -0.291. The first-order valence-electron chi connectivity index (χ1n) is 9.80. The van der Waals surface area contributed by atoms with Gasteiger partial charge in [0, 0.05) is 23.3 Å². The quantitative estimate of drug-likeness (QED) is 0.470. The first kappa shape index (κ1) is 18.1. The van der Waals surface area contributed by atoms with E-state index in [9.17, 15) is 9.59 Å². The molecule has 2 heterocycles. The topological polar surface area (TPSA) is 67.8 Å². The molecule has 0 aliphatic rings. The molecule has 5 aromatic rings. The third kappa shape index (κ3) is 3.01. The number of carbonyl (C=O) groups is 1. The fraction of sp³-hybridized carbons (Fsp3) is 0.0800. The van der Waals surface area contributed by atoms with Crippen LogP contribution in [0.25, 0.3) is 32.8 Å². The van der Waals surface area contributed by atoms with Crippen LogP contribution >= 0.6 is 0 Å². The van der Waals surface area contributed by atoms with Crippen molar-refractivity contribution in [3.05, 3.63) is 101 Å². The largest absolute Gasteiger partial charge is 0.293 e. The van der Waals surface area contributed by atoms with Gasteiger partial charge in [0.1, 0.15) is 0 Å². The average Bonchev–Trinajstić information content (AvgIpc) is 3.23. The fourth-order valence-corrected chi connectivity index (χ4v) is 3.84. The lowest BCUT2D eigenvalue weighted by Crippen LogP contribution is -2.16. The number of rotatable bonds is 3. The van der Waals surface area contributed by atoms with E-state index in [-0.39, 0.29) is 17.4 Å². The maximum atomic E-state index is 13.0. The highest BCUT2D eigenvalue weighted by Gasteiger charge is 2.18. The standard InChI is InChI=1S/C25H19N3O2/c1-16(25(30)28-14-19-6-2-3-7-20(19)15-28)17-10-12-18(13-11-17)23-21-8-4-5-9-22(21)24(29)27-26-23/h2-16H,1H3,(H,27,29). The molecule has 2 aromatic heterocycles. The summed E-state index contributed by atoms with van der Waals surface area (Å²) in [5.74, 6) is -0.271. The van der Waals surface area contributed by atoms with Crippen molar-refractivity contribution >= 4 is 27.5 Å². The number of aromatic amines is 1. The summed E-state index contributed by atoms with van der Waals surface area (Å²) in [6, 6.07) is 23.1. The van der Waals surface area contributed by atoms with Crippen LogP contribution in [-0.2, 0) is 0 Å². The summed E-state index contributed by atoms with van der Waals surface area (Å²) in [5, 5.41) is 10.3. The summed E-state index contributed by atoms with van der Waals surface area (Å²) in [5.41, 5.74) is 2.32. The van der Waals surface area contributed by atoms with E-state index >= 15 is 0 Å². The Labute approximate surface area is 172 Å². The van der Waals surface area contributed by atoms with Gasteiger partial charge in [-0.15, -0.1) is 0 Å². The maximum absolute atomic E-state index is 13.0. The minimum Gasteiger partial charge on any atom is -0.293 e. The molecule has 0 fully saturated rings. The number of nitrogens with zero attached hydrogens (tertiary/aromatic N) is 2. The summed E-state index contributed by atoms with van der Waals surface area (Å²) in [7, 11) is 0. The van der Waals surface area contributed by atoms with Crippen molar-refractivity contribution in [3.63, 3.8) is 0 Å². The molecule has 3 aromatic carbocycles. The molecule has 0 spiro atoms. The molecule has 0 bridgehead atoms. The Morgan fingerprint density at radius 2 is 1.47 bits per heavy atom. The van der Waals surface area contributed by atoms with E-state index < -0.39 is 0 Å². The van der Waals surface area contributed by atoms with Crippen molar-refractivity contribution in [3.8, 4) is 11.3 Å². The summed E-state index contributed by atoms with van der Waals surface area (Å²) in [6.45, 7) is 1.91. The number of hydrogen-bond donors (Lipinski definition) is 1. The van der Waals surface area contributed by atoms with Crippen LogP contribution in [0.15, 0.2) is 90.0 Å². The van der Waals surface area contributed by atoms with E-state index in [1.807, 2.05) is 86.0 Å². The van der Waals surface area contributed by atoms with E-state index in [2.05, 4.69) is 10.2 Å². The van der Waals surface area contributed by atoms with Gasteiger partial charge in [-0.2, -0.15) is 5.10 Å². The molecular weight excluding hydrogens is 374 g/mol. The van der Waals surface area contributed by atoms with Crippen LogP contribution in [0.4, 0.5) is 0 Å². The van der Waals surface area contributed by atoms with Crippen LogP contribution in [0.3, 0.4) is 0 Å². The zero-order valence-electron chi connectivity index (χ0n) is 16.4. The highest BCUT2D eigenvalue weighted by atomic mass is 16.2. The van der Waals surface area contributed by atoms with Crippen molar-refractivity contribution in [1.29, 1.82) is 0 Å². The van der Waals surface area contributed by atoms with Gasteiger partial charge in [0.2, 0.25) is 5.91 Å². The van der Waals surface area contributed by atoms with Crippen molar-refractivity contribution in [2.45, 2.75) is 12.8 Å². The van der Waals surface area contributed by atoms with Gasteiger partial charge >= 0.3 is 0 Å². The highest BCUT2D eigenvalue weighted by Crippen LogP contribution is 2.27. The van der Waals surface area contributed by atoms with Crippen LogP contribution in [0, 0.1) is 0 Å². The normalized spacial score (nSPS) is 12.3. The summed E-state index contributed by atoms with van der Waals surface area (Å²) in [4.78, 5) is 25.0. The van der Waals surface area contributed by atoms with Gasteiger partial charge in [-0.1, -0.05) is 66.7 Å². The number of hydrogen-bond acceptors (Lipinski definition) is 3. The number of H-pyrrole nitrogens is 1. The molecule has 30 heavy (non-hydrogen) atoms.